The lowest BCUT2D eigenvalue weighted by atomic mass is 10.3. The first kappa shape index (κ1) is 25.0. The molecule has 1 aromatic carbocycles. The number of guanidine groups is 1. The summed E-state index contributed by atoms with van der Waals surface area (Å²) in [6.07, 6.45) is 2.28. The van der Waals surface area contributed by atoms with Gasteiger partial charge in [-0.2, -0.15) is 0 Å². The number of nitrogens with zero attached hydrogens (tertiary/aromatic N) is 4. The lowest BCUT2D eigenvalue weighted by Crippen LogP contribution is -2.54. The van der Waals surface area contributed by atoms with Crippen LogP contribution in [0, 0.1) is 0 Å². The van der Waals surface area contributed by atoms with Crippen molar-refractivity contribution in [1.82, 2.24) is 20.0 Å². The Balaban J connectivity index is 0.00000320. The number of halogens is 2. The van der Waals surface area contributed by atoms with Gasteiger partial charge in [-0.05, 0) is 31.9 Å². The van der Waals surface area contributed by atoms with Crippen LogP contribution in [0.25, 0.3) is 0 Å². The molecule has 2 aliphatic heterocycles. The second kappa shape index (κ2) is 13.2. The lowest BCUT2D eigenvalue weighted by Gasteiger charge is -2.36. The normalized spacial score (nSPS) is 17.6. The van der Waals surface area contributed by atoms with E-state index in [2.05, 4.69) is 22.0 Å². The molecule has 0 saturated carbocycles. The van der Waals surface area contributed by atoms with Crippen molar-refractivity contribution in [1.29, 1.82) is 0 Å². The van der Waals surface area contributed by atoms with Gasteiger partial charge in [0, 0.05) is 45.8 Å². The summed E-state index contributed by atoms with van der Waals surface area (Å²) in [7, 11) is 0. The average molecular weight is 550 g/mol. The van der Waals surface area contributed by atoms with Crippen LogP contribution in [0.15, 0.2) is 29.3 Å². The van der Waals surface area contributed by atoms with Crippen LogP contribution in [0.1, 0.15) is 19.8 Å². The molecule has 0 atom stereocenters. The molecule has 1 aromatic rings. The van der Waals surface area contributed by atoms with Crippen LogP contribution in [-0.4, -0.2) is 92.1 Å². The zero-order valence-corrected chi connectivity index (χ0v) is 20.8. The predicted octanol–water partition coefficient (Wildman–Crippen LogP) is 2.54. The number of benzene rings is 1. The quantitative estimate of drug-likeness (QED) is 0.245. The molecule has 0 bridgehead atoms. The number of rotatable bonds is 7. The standard InChI is InChI=1S/C21H32ClN5O2.HI/c1-2-23-21(24-9-16-29-19-8-4-3-7-18(19)22)27-14-12-25(13-15-27)17-20(28)26-10-5-6-11-26;/h3-4,7-8H,2,5-6,9-17H2,1H3,(H,23,24);1H. The van der Waals surface area contributed by atoms with Crippen LogP contribution < -0.4 is 10.1 Å². The summed E-state index contributed by atoms with van der Waals surface area (Å²) >= 11 is 6.12. The van der Waals surface area contributed by atoms with Gasteiger partial charge < -0.3 is 19.9 Å². The minimum atomic E-state index is 0. The molecule has 0 aromatic heterocycles. The van der Waals surface area contributed by atoms with Crippen molar-refractivity contribution in [3.63, 3.8) is 0 Å². The number of ether oxygens (including phenoxy) is 1. The van der Waals surface area contributed by atoms with Gasteiger partial charge >= 0.3 is 0 Å². The number of aliphatic imine (C=N–C) groups is 1. The molecule has 0 spiro atoms. The number of piperazine rings is 1. The molecule has 1 amide bonds. The van der Waals surface area contributed by atoms with E-state index in [1.807, 2.05) is 29.2 Å². The number of amides is 1. The Bertz CT molecular complexity index is 692. The van der Waals surface area contributed by atoms with Crippen LogP contribution in [0.3, 0.4) is 0 Å². The van der Waals surface area contributed by atoms with Gasteiger partial charge in [0.15, 0.2) is 5.96 Å². The molecular weight excluding hydrogens is 517 g/mol. The van der Waals surface area contributed by atoms with Gasteiger partial charge in [-0.15, -0.1) is 24.0 Å². The van der Waals surface area contributed by atoms with Crippen molar-refractivity contribution in [3.8, 4) is 5.75 Å². The summed E-state index contributed by atoms with van der Waals surface area (Å²) < 4.78 is 5.73. The van der Waals surface area contributed by atoms with Crippen LogP contribution in [0.5, 0.6) is 5.75 Å². The highest BCUT2D eigenvalue weighted by Crippen LogP contribution is 2.22. The zero-order chi connectivity index (χ0) is 20.5. The van der Waals surface area contributed by atoms with E-state index in [9.17, 15) is 4.79 Å². The zero-order valence-electron chi connectivity index (χ0n) is 17.7. The molecule has 0 unspecified atom stereocenters. The number of para-hydroxylation sites is 1. The Morgan fingerprint density at radius 2 is 1.80 bits per heavy atom. The SMILES string of the molecule is CCNC(=NCCOc1ccccc1Cl)N1CCN(CC(=O)N2CCCC2)CC1.I. The minimum Gasteiger partial charge on any atom is -0.490 e. The maximum atomic E-state index is 12.4. The van der Waals surface area contributed by atoms with E-state index in [4.69, 9.17) is 21.3 Å². The largest absolute Gasteiger partial charge is 0.490 e. The third kappa shape index (κ3) is 7.46. The Kier molecular flexibility index (Phi) is 11.0. The minimum absolute atomic E-state index is 0. The smallest absolute Gasteiger partial charge is 0.236 e. The molecule has 3 rings (SSSR count). The summed E-state index contributed by atoms with van der Waals surface area (Å²) in [6.45, 7) is 9.78. The number of nitrogens with one attached hydrogen (secondary N) is 1. The molecule has 2 fully saturated rings. The van der Waals surface area contributed by atoms with Crippen molar-refractivity contribution in [2.24, 2.45) is 4.99 Å². The van der Waals surface area contributed by atoms with Gasteiger partial charge in [-0.3, -0.25) is 9.69 Å². The van der Waals surface area contributed by atoms with E-state index in [0.29, 0.717) is 30.5 Å². The molecule has 0 aliphatic carbocycles. The molecule has 2 aliphatic rings. The fraction of sp³-hybridized carbons (Fsp3) is 0.619. The average Bonchev–Trinajstić information content (AvgIpc) is 3.27. The highest BCUT2D eigenvalue weighted by Gasteiger charge is 2.24. The van der Waals surface area contributed by atoms with Crippen LogP contribution in [0.2, 0.25) is 5.02 Å². The number of hydrogen-bond donors (Lipinski definition) is 1. The van der Waals surface area contributed by atoms with Crippen LogP contribution >= 0.6 is 35.6 Å². The number of hydrogen-bond acceptors (Lipinski definition) is 4. The van der Waals surface area contributed by atoms with E-state index in [1.165, 1.54) is 0 Å². The van der Waals surface area contributed by atoms with E-state index in [1.54, 1.807) is 0 Å². The van der Waals surface area contributed by atoms with Gasteiger partial charge in [0.1, 0.15) is 12.4 Å². The molecule has 0 radical (unpaired) electrons. The second-order valence-corrected chi connectivity index (χ2v) is 7.77. The Labute approximate surface area is 201 Å². The molecule has 9 heteroatoms. The van der Waals surface area contributed by atoms with Gasteiger partial charge in [0.25, 0.3) is 0 Å². The van der Waals surface area contributed by atoms with E-state index >= 15 is 0 Å². The highest BCUT2D eigenvalue weighted by atomic mass is 127. The first-order chi connectivity index (χ1) is 14.2. The Morgan fingerprint density at radius 1 is 1.10 bits per heavy atom. The van der Waals surface area contributed by atoms with Crippen LogP contribution in [0.4, 0.5) is 0 Å². The lowest BCUT2D eigenvalue weighted by molar-refractivity contribution is -0.131. The molecule has 2 heterocycles. The van der Waals surface area contributed by atoms with Crippen molar-refractivity contribution >= 4 is 47.4 Å². The maximum Gasteiger partial charge on any atom is 0.236 e. The third-order valence-corrected chi connectivity index (χ3v) is 5.58. The summed E-state index contributed by atoms with van der Waals surface area (Å²) in [6, 6.07) is 7.47. The molecule has 30 heavy (non-hydrogen) atoms. The second-order valence-electron chi connectivity index (χ2n) is 7.37. The first-order valence-corrected chi connectivity index (χ1v) is 11.0. The molecule has 2 saturated heterocycles. The first-order valence-electron chi connectivity index (χ1n) is 10.6. The van der Waals surface area contributed by atoms with Crippen molar-refractivity contribution in [3.05, 3.63) is 29.3 Å². The highest BCUT2D eigenvalue weighted by molar-refractivity contribution is 14.0. The number of likely N-dealkylation sites (tertiary alicyclic amines) is 1. The van der Waals surface area contributed by atoms with E-state index in [-0.39, 0.29) is 29.9 Å². The molecule has 1 N–H and O–H groups in total. The van der Waals surface area contributed by atoms with Gasteiger partial charge in [-0.25, -0.2) is 4.99 Å². The van der Waals surface area contributed by atoms with E-state index < -0.39 is 0 Å². The summed E-state index contributed by atoms with van der Waals surface area (Å²) in [4.78, 5) is 23.6. The maximum absolute atomic E-state index is 12.4. The fourth-order valence-electron chi connectivity index (χ4n) is 3.67. The predicted molar refractivity (Wildman–Crippen MR) is 132 cm³/mol. The summed E-state index contributed by atoms with van der Waals surface area (Å²) in [5.74, 6) is 1.86. The van der Waals surface area contributed by atoms with E-state index in [0.717, 1.165) is 64.6 Å². The topological polar surface area (TPSA) is 60.4 Å². The summed E-state index contributed by atoms with van der Waals surface area (Å²) in [5, 5.41) is 3.98. The summed E-state index contributed by atoms with van der Waals surface area (Å²) in [5.41, 5.74) is 0. The fourth-order valence-corrected chi connectivity index (χ4v) is 3.86. The third-order valence-electron chi connectivity index (χ3n) is 5.27. The monoisotopic (exact) mass is 549 g/mol. The van der Waals surface area contributed by atoms with Crippen molar-refractivity contribution in [2.75, 3.05) is 65.5 Å². The van der Waals surface area contributed by atoms with Gasteiger partial charge in [0.2, 0.25) is 5.91 Å². The van der Waals surface area contributed by atoms with Crippen LogP contribution in [-0.2, 0) is 4.79 Å². The Morgan fingerprint density at radius 3 is 2.47 bits per heavy atom. The van der Waals surface area contributed by atoms with Crippen molar-refractivity contribution < 1.29 is 9.53 Å². The van der Waals surface area contributed by atoms with Gasteiger partial charge in [0.05, 0.1) is 18.1 Å². The number of carbonyl (C=O) groups excluding carboxylic acids is 1. The molecule has 168 valence electrons. The van der Waals surface area contributed by atoms with Gasteiger partial charge in [-0.1, -0.05) is 23.7 Å². The molecular formula is C21H33ClIN5O2. The number of carbonyl (C=O) groups is 1. The van der Waals surface area contributed by atoms with Crippen molar-refractivity contribution in [2.45, 2.75) is 19.8 Å². The molecule has 7 nitrogen and oxygen atoms in total. The Hall–Kier alpha value is -1.26.